The molecule has 9 heteroatoms. The standard InChI is InChI=1S/C15H21NO8/c1-16-6-9(17)7-3-2-4-8(5-7)23-15-12(20)10(18)11(19)13(24-15)14(21)22/h2-5,9-13,15-20H,6H2,1H3,(H,21,22)/t9-,10-,11-,12+,13-,15+/m0/s1. The highest BCUT2D eigenvalue weighted by molar-refractivity contribution is 5.73. The first-order valence-corrected chi connectivity index (χ1v) is 7.37. The van der Waals surface area contributed by atoms with Gasteiger partial charge in [0.1, 0.15) is 24.1 Å². The Balaban J connectivity index is 2.14. The molecule has 1 saturated heterocycles. The van der Waals surface area contributed by atoms with Crippen LogP contribution in [0.1, 0.15) is 11.7 Å². The van der Waals surface area contributed by atoms with Gasteiger partial charge in [-0.15, -0.1) is 0 Å². The molecule has 2 rings (SSSR count). The fraction of sp³-hybridized carbons (Fsp3) is 0.533. The number of hydrogen-bond acceptors (Lipinski definition) is 8. The van der Waals surface area contributed by atoms with Gasteiger partial charge in [0.15, 0.2) is 6.10 Å². The lowest BCUT2D eigenvalue weighted by Gasteiger charge is -2.38. The third-order valence-electron chi connectivity index (χ3n) is 3.71. The first kappa shape index (κ1) is 18.6. The summed E-state index contributed by atoms with van der Waals surface area (Å²) in [7, 11) is 1.69. The first-order valence-electron chi connectivity index (χ1n) is 7.37. The minimum Gasteiger partial charge on any atom is -0.479 e. The second-order valence-corrected chi connectivity index (χ2v) is 5.50. The third-order valence-corrected chi connectivity index (χ3v) is 3.71. The molecule has 0 unspecified atom stereocenters. The summed E-state index contributed by atoms with van der Waals surface area (Å²) in [4.78, 5) is 11.1. The molecule has 0 spiro atoms. The van der Waals surface area contributed by atoms with Crippen LogP contribution >= 0.6 is 0 Å². The van der Waals surface area contributed by atoms with Gasteiger partial charge in [-0.05, 0) is 24.7 Å². The number of aliphatic hydroxyl groups excluding tert-OH is 4. The summed E-state index contributed by atoms with van der Waals surface area (Å²) in [6.45, 7) is 0.317. The molecular weight excluding hydrogens is 322 g/mol. The predicted octanol–water partition coefficient (Wildman–Crippen LogP) is -1.79. The highest BCUT2D eigenvalue weighted by atomic mass is 16.7. The van der Waals surface area contributed by atoms with Crippen LogP contribution in [0.5, 0.6) is 5.75 Å². The Kier molecular flexibility index (Phi) is 6.10. The van der Waals surface area contributed by atoms with E-state index in [1.165, 1.54) is 12.1 Å². The van der Waals surface area contributed by atoms with Crippen LogP contribution in [-0.2, 0) is 9.53 Å². The normalized spacial score (nSPS) is 31.5. The number of aliphatic carboxylic acids is 1. The SMILES string of the molecule is CNC[C@H](O)c1cccc(O[C@@H]2O[C@H](C(=O)O)[C@@H](O)[C@H](O)[C@H]2O)c1. The Labute approximate surface area is 138 Å². The zero-order valence-corrected chi connectivity index (χ0v) is 12.9. The molecule has 6 atom stereocenters. The van der Waals surface area contributed by atoms with Gasteiger partial charge in [0.25, 0.3) is 0 Å². The van der Waals surface area contributed by atoms with Crippen LogP contribution < -0.4 is 10.1 Å². The van der Waals surface area contributed by atoms with Crippen molar-refractivity contribution in [1.29, 1.82) is 0 Å². The Hall–Kier alpha value is -1.75. The molecule has 1 aliphatic rings. The summed E-state index contributed by atoms with van der Waals surface area (Å²) < 4.78 is 10.4. The maximum Gasteiger partial charge on any atom is 0.335 e. The highest BCUT2D eigenvalue weighted by Crippen LogP contribution is 2.26. The topological polar surface area (TPSA) is 149 Å². The molecule has 0 amide bonds. The average Bonchev–Trinajstić information content (AvgIpc) is 2.55. The number of benzene rings is 1. The molecule has 9 nitrogen and oxygen atoms in total. The van der Waals surface area contributed by atoms with Crippen molar-refractivity contribution in [3.05, 3.63) is 29.8 Å². The van der Waals surface area contributed by atoms with Gasteiger partial charge in [-0.3, -0.25) is 0 Å². The molecule has 0 bridgehead atoms. The molecule has 134 valence electrons. The molecule has 1 aromatic rings. The number of carboxylic acids is 1. The van der Waals surface area contributed by atoms with Gasteiger partial charge in [0, 0.05) is 6.54 Å². The molecule has 0 radical (unpaired) electrons. The number of likely N-dealkylation sites (N-methyl/N-ethyl adjacent to an activating group) is 1. The van der Waals surface area contributed by atoms with Crippen LogP contribution in [0.3, 0.4) is 0 Å². The van der Waals surface area contributed by atoms with Crippen LogP contribution in [0, 0.1) is 0 Å². The van der Waals surface area contributed by atoms with Crippen LogP contribution in [0.4, 0.5) is 0 Å². The maximum atomic E-state index is 11.1. The molecule has 6 N–H and O–H groups in total. The van der Waals surface area contributed by atoms with E-state index in [4.69, 9.17) is 14.6 Å². The van der Waals surface area contributed by atoms with Gasteiger partial charge in [-0.25, -0.2) is 4.79 Å². The zero-order chi connectivity index (χ0) is 17.9. The van der Waals surface area contributed by atoms with Crippen LogP contribution in [0.2, 0.25) is 0 Å². The number of hydrogen-bond donors (Lipinski definition) is 6. The van der Waals surface area contributed by atoms with Crippen molar-refractivity contribution in [2.75, 3.05) is 13.6 Å². The van der Waals surface area contributed by atoms with Gasteiger partial charge >= 0.3 is 5.97 Å². The van der Waals surface area contributed by atoms with Gasteiger partial charge < -0.3 is 40.3 Å². The van der Waals surface area contributed by atoms with Crippen LogP contribution in [0.25, 0.3) is 0 Å². The Morgan fingerprint density at radius 1 is 1.29 bits per heavy atom. The molecule has 24 heavy (non-hydrogen) atoms. The van der Waals surface area contributed by atoms with E-state index in [2.05, 4.69) is 5.32 Å². The first-order chi connectivity index (χ1) is 11.3. The van der Waals surface area contributed by atoms with E-state index in [-0.39, 0.29) is 5.75 Å². The number of aliphatic hydroxyl groups is 4. The van der Waals surface area contributed by atoms with Crippen molar-refractivity contribution in [1.82, 2.24) is 5.32 Å². The quantitative estimate of drug-likeness (QED) is 0.352. The van der Waals surface area contributed by atoms with Gasteiger partial charge in [0.2, 0.25) is 6.29 Å². The summed E-state index contributed by atoms with van der Waals surface area (Å²) in [5.41, 5.74) is 0.544. The fourth-order valence-corrected chi connectivity index (χ4v) is 2.39. The van der Waals surface area contributed by atoms with E-state index in [0.29, 0.717) is 12.1 Å². The smallest absolute Gasteiger partial charge is 0.335 e. The minimum atomic E-state index is -1.78. The Bertz CT molecular complexity index is 568. The molecular formula is C15H21NO8. The molecule has 0 aromatic heterocycles. The van der Waals surface area contributed by atoms with E-state index in [1.807, 2.05) is 0 Å². The molecule has 1 fully saturated rings. The molecule has 0 saturated carbocycles. The van der Waals surface area contributed by atoms with E-state index in [0.717, 1.165) is 0 Å². The highest BCUT2D eigenvalue weighted by Gasteiger charge is 2.48. The van der Waals surface area contributed by atoms with Crippen molar-refractivity contribution in [2.24, 2.45) is 0 Å². The molecule has 0 aliphatic carbocycles. The zero-order valence-electron chi connectivity index (χ0n) is 12.9. The number of rotatable bonds is 6. The second kappa shape index (κ2) is 7.88. The number of ether oxygens (including phenoxy) is 2. The number of nitrogens with one attached hydrogen (secondary N) is 1. The predicted molar refractivity (Wildman–Crippen MR) is 80.3 cm³/mol. The lowest BCUT2D eigenvalue weighted by molar-refractivity contribution is -0.271. The third kappa shape index (κ3) is 4.01. The second-order valence-electron chi connectivity index (χ2n) is 5.50. The Morgan fingerprint density at radius 3 is 2.62 bits per heavy atom. The molecule has 1 heterocycles. The van der Waals surface area contributed by atoms with E-state index >= 15 is 0 Å². The summed E-state index contributed by atoms with van der Waals surface area (Å²) in [6.07, 6.45) is -9.15. The number of carbonyl (C=O) groups is 1. The van der Waals surface area contributed by atoms with Gasteiger partial charge in [-0.2, -0.15) is 0 Å². The summed E-state index contributed by atoms with van der Waals surface area (Å²) >= 11 is 0. The van der Waals surface area contributed by atoms with Gasteiger partial charge in [-0.1, -0.05) is 12.1 Å². The molecule has 1 aromatic carbocycles. The Morgan fingerprint density at radius 2 is 2.00 bits per heavy atom. The lowest BCUT2D eigenvalue weighted by atomic mass is 9.99. The summed E-state index contributed by atoms with van der Waals surface area (Å²) in [5, 5.41) is 51.1. The van der Waals surface area contributed by atoms with E-state index in [1.54, 1.807) is 19.2 Å². The maximum absolute atomic E-state index is 11.1. The minimum absolute atomic E-state index is 0.208. The van der Waals surface area contributed by atoms with Crippen molar-refractivity contribution < 1.29 is 39.8 Å². The summed E-state index contributed by atoms with van der Waals surface area (Å²) in [6, 6.07) is 6.31. The number of carboxylic acid groups (broad SMARTS) is 1. The van der Waals surface area contributed by atoms with Crippen molar-refractivity contribution in [3.8, 4) is 5.75 Å². The lowest BCUT2D eigenvalue weighted by Crippen LogP contribution is -2.61. The van der Waals surface area contributed by atoms with Gasteiger partial charge in [0.05, 0.1) is 6.10 Å². The van der Waals surface area contributed by atoms with Crippen LogP contribution in [0.15, 0.2) is 24.3 Å². The van der Waals surface area contributed by atoms with Crippen molar-refractivity contribution >= 4 is 5.97 Å². The average molecular weight is 343 g/mol. The van der Waals surface area contributed by atoms with E-state index in [9.17, 15) is 25.2 Å². The fourth-order valence-electron chi connectivity index (χ4n) is 2.39. The van der Waals surface area contributed by atoms with Crippen LogP contribution in [-0.4, -0.2) is 75.8 Å². The largest absolute Gasteiger partial charge is 0.479 e. The monoisotopic (exact) mass is 343 g/mol. The van der Waals surface area contributed by atoms with Crippen molar-refractivity contribution in [3.63, 3.8) is 0 Å². The summed E-state index contributed by atoms with van der Waals surface area (Å²) in [5.74, 6) is -1.28. The van der Waals surface area contributed by atoms with E-state index < -0.39 is 42.8 Å². The van der Waals surface area contributed by atoms with Crippen molar-refractivity contribution in [2.45, 2.75) is 36.8 Å². The molecule has 1 aliphatic heterocycles.